The number of hydrogen-bond donors (Lipinski definition) is 0. The number of rotatable bonds is 4. The average molecular weight is 458 g/mol. The van der Waals surface area contributed by atoms with Gasteiger partial charge < -0.3 is 4.90 Å². The lowest BCUT2D eigenvalue weighted by Gasteiger charge is -2.19. The summed E-state index contributed by atoms with van der Waals surface area (Å²) < 4.78 is 0. The number of nitrogens with zero attached hydrogens (tertiary/aromatic N) is 1. The third-order valence-corrected chi connectivity index (χ3v) is 6.89. The molecule has 1 aliphatic heterocycles. The minimum Gasteiger partial charge on any atom is -0.363 e. The zero-order valence-corrected chi connectivity index (χ0v) is 19.5. The summed E-state index contributed by atoms with van der Waals surface area (Å²) >= 11 is 6.37. The Morgan fingerprint density at radius 3 is 1.68 bits per heavy atom. The molecule has 0 saturated carbocycles. The van der Waals surface area contributed by atoms with Crippen molar-refractivity contribution >= 4 is 17.3 Å². The van der Waals surface area contributed by atoms with Crippen LogP contribution in [0.25, 0.3) is 33.4 Å². The van der Waals surface area contributed by atoms with Crippen LogP contribution in [0.3, 0.4) is 0 Å². The third kappa shape index (κ3) is 3.79. The standard InChI is InChI=1S/C32H24ClN/c33-26-17-10-18-27(19-26)34-21-30-28(23-11-4-1-5-12-23)20-29(24-13-6-2-7-14-24)32(31(30)22-34)25-15-8-3-9-16-25/h1-20H,21-22H2. The lowest BCUT2D eigenvalue weighted by molar-refractivity contribution is 0.881. The first-order valence-electron chi connectivity index (χ1n) is 11.6. The first kappa shape index (κ1) is 20.8. The molecule has 0 aromatic heterocycles. The first-order valence-corrected chi connectivity index (χ1v) is 12.0. The largest absolute Gasteiger partial charge is 0.363 e. The second-order valence-electron chi connectivity index (χ2n) is 8.74. The molecular weight excluding hydrogens is 434 g/mol. The Labute approximate surface area is 205 Å². The maximum atomic E-state index is 6.37. The van der Waals surface area contributed by atoms with E-state index in [9.17, 15) is 0 Å². The molecule has 0 spiro atoms. The SMILES string of the molecule is Clc1cccc(N2Cc3c(-c4ccccc4)cc(-c4ccccc4)c(-c4ccccc4)c3C2)c1. The summed E-state index contributed by atoms with van der Waals surface area (Å²) in [6, 6.07) is 42.9. The highest BCUT2D eigenvalue weighted by Gasteiger charge is 2.28. The molecule has 5 aromatic rings. The normalized spacial score (nSPS) is 12.6. The van der Waals surface area contributed by atoms with Crippen molar-refractivity contribution in [1.29, 1.82) is 0 Å². The molecule has 0 aliphatic carbocycles. The van der Waals surface area contributed by atoms with Gasteiger partial charge in [-0.1, -0.05) is 109 Å². The van der Waals surface area contributed by atoms with Gasteiger partial charge in [0.25, 0.3) is 0 Å². The smallest absolute Gasteiger partial charge is 0.0443 e. The van der Waals surface area contributed by atoms with E-state index in [4.69, 9.17) is 11.6 Å². The molecule has 1 nitrogen and oxygen atoms in total. The number of hydrogen-bond acceptors (Lipinski definition) is 1. The van der Waals surface area contributed by atoms with Crippen LogP contribution in [0.5, 0.6) is 0 Å². The highest BCUT2D eigenvalue weighted by Crippen LogP contribution is 2.46. The van der Waals surface area contributed by atoms with Crippen LogP contribution in [0.1, 0.15) is 11.1 Å². The Bertz CT molecular complexity index is 1440. The van der Waals surface area contributed by atoms with Crippen molar-refractivity contribution in [3.63, 3.8) is 0 Å². The van der Waals surface area contributed by atoms with Crippen LogP contribution in [-0.4, -0.2) is 0 Å². The quantitative estimate of drug-likeness (QED) is 0.260. The molecule has 1 aliphatic rings. The van der Waals surface area contributed by atoms with E-state index >= 15 is 0 Å². The van der Waals surface area contributed by atoms with E-state index in [1.54, 1.807) is 0 Å². The van der Waals surface area contributed by atoms with E-state index in [0.29, 0.717) is 0 Å². The van der Waals surface area contributed by atoms with Gasteiger partial charge in [0.2, 0.25) is 0 Å². The molecule has 0 bridgehead atoms. The summed E-state index contributed by atoms with van der Waals surface area (Å²) in [6.07, 6.45) is 0. The van der Waals surface area contributed by atoms with Gasteiger partial charge >= 0.3 is 0 Å². The van der Waals surface area contributed by atoms with Crippen LogP contribution in [-0.2, 0) is 13.1 Å². The topological polar surface area (TPSA) is 3.24 Å². The fourth-order valence-corrected chi connectivity index (χ4v) is 5.27. The molecule has 0 atom stereocenters. The molecule has 5 aromatic carbocycles. The monoisotopic (exact) mass is 457 g/mol. The molecule has 0 fully saturated rings. The van der Waals surface area contributed by atoms with Crippen LogP contribution in [0, 0.1) is 0 Å². The van der Waals surface area contributed by atoms with Crippen LogP contribution in [0.4, 0.5) is 5.69 Å². The second-order valence-corrected chi connectivity index (χ2v) is 9.17. The zero-order chi connectivity index (χ0) is 22.9. The molecule has 0 saturated heterocycles. The zero-order valence-electron chi connectivity index (χ0n) is 18.8. The molecule has 6 rings (SSSR count). The van der Waals surface area contributed by atoms with Crippen LogP contribution in [0.2, 0.25) is 5.02 Å². The fourth-order valence-electron chi connectivity index (χ4n) is 5.08. The van der Waals surface area contributed by atoms with Crippen molar-refractivity contribution in [2.75, 3.05) is 4.90 Å². The maximum Gasteiger partial charge on any atom is 0.0443 e. The number of anilines is 1. The second kappa shape index (κ2) is 8.85. The Morgan fingerprint density at radius 2 is 1.06 bits per heavy atom. The Kier molecular flexibility index (Phi) is 5.41. The molecule has 2 heteroatoms. The van der Waals surface area contributed by atoms with E-state index in [1.807, 2.05) is 12.1 Å². The van der Waals surface area contributed by atoms with E-state index in [0.717, 1.165) is 23.8 Å². The maximum absolute atomic E-state index is 6.37. The van der Waals surface area contributed by atoms with Gasteiger partial charge in [-0.05, 0) is 68.8 Å². The highest BCUT2D eigenvalue weighted by atomic mass is 35.5. The van der Waals surface area contributed by atoms with Gasteiger partial charge in [0.05, 0.1) is 0 Å². The fraction of sp³-hybridized carbons (Fsp3) is 0.0625. The summed E-state index contributed by atoms with van der Waals surface area (Å²) in [5.74, 6) is 0. The number of benzene rings is 5. The molecule has 0 N–H and O–H groups in total. The molecule has 164 valence electrons. The molecule has 0 unspecified atom stereocenters. The van der Waals surface area contributed by atoms with Crippen LogP contribution >= 0.6 is 11.6 Å². The van der Waals surface area contributed by atoms with Gasteiger partial charge in [0.1, 0.15) is 0 Å². The number of halogens is 1. The van der Waals surface area contributed by atoms with Crippen molar-refractivity contribution in [3.05, 3.63) is 137 Å². The van der Waals surface area contributed by atoms with Gasteiger partial charge in [-0.2, -0.15) is 0 Å². The lowest BCUT2D eigenvalue weighted by Crippen LogP contribution is -2.14. The molecular formula is C32H24ClN. The minimum absolute atomic E-state index is 0.769. The lowest BCUT2D eigenvalue weighted by atomic mass is 9.84. The van der Waals surface area contributed by atoms with Gasteiger partial charge in [0.15, 0.2) is 0 Å². The van der Waals surface area contributed by atoms with Crippen molar-refractivity contribution in [2.45, 2.75) is 13.1 Å². The summed E-state index contributed by atoms with van der Waals surface area (Å²) in [6.45, 7) is 1.70. The Balaban J connectivity index is 1.63. The molecule has 0 amide bonds. The van der Waals surface area contributed by atoms with E-state index in [2.05, 4.69) is 114 Å². The van der Waals surface area contributed by atoms with E-state index in [1.165, 1.54) is 44.5 Å². The average Bonchev–Trinajstić information content (AvgIpc) is 3.35. The highest BCUT2D eigenvalue weighted by molar-refractivity contribution is 6.30. The van der Waals surface area contributed by atoms with Gasteiger partial charge in [-0.15, -0.1) is 0 Å². The first-order chi connectivity index (χ1) is 16.8. The van der Waals surface area contributed by atoms with Crippen molar-refractivity contribution in [1.82, 2.24) is 0 Å². The van der Waals surface area contributed by atoms with Gasteiger partial charge in [-0.3, -0.25) is 0 Å². The number of fused-ring (bicyclic) bond motifs is 1. The predicted molar refractivity (Wildman–Crippen MR) is 144 cm³/mol. The van der Waals surface area contributed by atoms with E-state index in [-0.39, 0.29) is 0 Å². The van der Waals surface area contributed by atoms with Crippen LogP contribution in [0.15, 0.2) is 121 Å². The molecule has 1 heterocycles. The van der Waals surface area contributed by atoms with Gasteiger partial charge in [-0.25, -0.2) is 0 Å². The summed E-state index contributed by atoms with van der Waals surface area (Å²) in [4.78, 5) is 2.43. The van der Waals surface area contributed by atoms with Crippen molar-refractivity contribution < 1.29 is 0 Å². The minimum atomic E-state index is 0.769. The Morgan fingerprint density at radius 1 is 0.500 bits per heavy atom. The summed E-state index contributed by atoms with van der Waals surface area (Å²) in [5.41, 5.74) is 11.6. The van der Waals surface area contributed by atoms with E-state index < -0.39 is 0 Å². The van der Waals surface area contributed by atoms with Crippen molar-refractivity contribution in [2.24, 2.45) is 0 Å². The third-order valence-electron chi connectivity index (χ3n) is 6.65. The summed E-state index contributed by atoms with van der Waals surface area (Å²) in [7, 11) is 0. The Hall–Kier alpha value is -3.81. The predicted octanol–water partition coefficient (Wildman–Crippen LogP) is 8.86. The van der Waals surface area contributed by atoms with Crippen LogP contribution < -0.4 is 4.90 Å². The van der Waals surface area contributed by atoms with Gasteiger partial charge in [0, 0.05) is 23.8 Å². The summed E-state index contributed by atoms with van der Waals surface area (Å²) in [5, 5.41) is 0.769. The van der Waals surface area contributed by atoms with Crippen molar-refractivity contribution in [3.8, 4) is 33.4 Å². The molecule has 34 heavy (non-hydrogen) atoms. The molecule has 0 radical (unpaired) electrons.